The maximum atomic E-state index is 12.0. The predicted octanol–water partition coefficient (Wildman–Crippen LogP) is 1.74. The van der Waals surface area contributed by atoms with Crippen LogP contribution in [0.2, 0.25) is 0 Å². The topological polar surface area (TPSA) is 55.4 Å². The zero-order valence-corrected chi connectivity index (χ0v) is 11.3. The summed E-state index contributed by atoms with van der Waals surface area (Å²) in [4.78, 5) is 23.6. The lowest BCUT2D eigenvalue weighted by molar-refractivity contribution is -0.142. The van der Waals surface area contributed by atoms with Gasteiger partial charge in [0.1, 0.15) is 0 Å². The number of nitrogens with one attached hydrogen (secondary N) is 1. The zero-order valence-electron chi connectivity index (χ0n) is 11.3. The summed E-state index contributed by atoms with van der Waals surface area (Å²) in [6, 6.07) is 0. The molecule has 1 N–H and O–H groups in total. The molecule has 2 amide bonds. The van der Waals surface area contributed by atoms with Crippen LogP contribution in [0.1, 0.15) is 39.5 Å². The van der Waals surface area contributed by atoms with Crippen molar-refractivity contribution in [2.75, 3.05) is 13.2 Å². The fraction of sp³-hybridized carbons (Fsp3) is 0.857. The van der Waals surface area contributed by atoms with Gasteiger partial charge in [-0.15, -0.1) is 0 Å². The quantitative estimate of drug-likeness (QED) is 0.779. The summed E-state index contributed by atoms with van der Waals surface area (Å²) in [6.45, 7) is 5.80. The van der Waals surface area contributed by atoms with Crippen molar-refractivity contribution in [3.63, 3.8) is 0 Å². The van der Waals surface area contributed by atoms with Gasteiger partial charge in [-0.25, -0.2) is 0 Å². The van der Waals surface area contributed by atoms with Crippen LogP contribution in [0.25, 0.3) is 0 Å². The fourth-order valence-electron chi connectivity index (χ4n) is 3.26. The van der Waals surface area contributed by atoms with Gasteiger partial charge in [0, 0.05) is 25.6 Å². The molecule has 4 nitrogen and oxygen atoms in total. The molecule has 2 heterocycles. The first-order chi connectivity index (χ1) is 8.58. The number of rotatable bonds is 3. The molecule has 0 spiro atoms. The average Bonchev–Trinajstić information content (AvgIpc) is 2.33. The molecule has 2 rings (SSSR count). The summed E-state index contributed by atoms with van der Waals surface area (Å²) in [5, 5.41) is 2.49. The van der Waals surface area contributed by atoms with Crippen molar-refractivity contribution in [2.45, 2.75) is 39.5 Å². The summed E-state index contributed by atoms with van der Waals surface area (Å²) in [6.07, 6.45) is 3.36. The molecule has 0 aromatic rings. The van der Waals surface area contributed by atoms with Gasteiger partial charge in [0.05, 0.1) is 0 Å². The number of piperidine rings is 1. The standard InChI is InChI=1S/C14H23NO3/c1-9(2)7-12-11(8-13(16)15-14(12)17)10-3-5-18-6-4-10/h9-12H,3-8H2,1-2H3,(H,15,16,17). The van der Waals surface area contributed by atoms with E-state index in [1.165, 1.54) is 0 Å². The van der Waals surface area contributed by atoms with Gasteiger partial charge in [-0.3, -0.25) is 14.9 Å². The van der Waals surface area contributed by atoms with E-state index in [0.29, 0.717) is 18.3 Å². The van der Waals surface area contributed by atoms with Crippen LogP contribution in [0.15, 0.2) is 0 Å². The van der Waals surface area contributed by atoms with Gasteiger partial charge in [0.15, 0.2) is 0 Å². The van der Waals surface area contributed by atoms with E-state index in [0.717, 1.165) is 32.5 Å². The molecule has 4 heteroatoms. The van der Waals surface area contributed by atoms with Crippen LogP contribution < -0.4 is 5.32 Å². The SMILES string of the molecule is CC(C)CC1C(=O)NC(=O)CC1C1CCOCC1. The molecule has 0 saturated carbocycles. The third kappa shape index (κ3) is 3.10. The molecular weight excluding hydrogens is 230 g/mol. The Balaban J connectivity index is 2.10. The van der Waals surface area contributed by atoms with Crippen molar-refractivity contribution in [1.82, 2.24) is 5.32 Å². The van der Waals surface area contributed by atoms with Crippen molar-refractivity contribution >= 4 is 11.8 Å². The smallest absolute Gasteiger partial charge is 0.229 e. The minimum absolute atomic E-state index is 0.00537. The second-order valence-corrected chi connectivity index (χ2v) is 5.97. The van der Waals surface area contributed by atoms with E-state index >= 15 is 0 Å². The van der Waals surface area contributed by atoms with E-state index in [2.05, 4.69) is 19.2 Å². The molecule has 0 radical (unpaired) electrons. The lowest BCUT2D eigenvalue weighted by atomic mass is 9.71. The van der Waals surface area contributed by atoms with E-state index in [1.807, 2.05) is 0 Å². The summed E-state index contributed by atoms with van der Waals surface area (Å²) in [5.74, 6) is 1.02. The molecule has 2 aliphatic rings. The molecule has 0 aromatic heterocycles. The van der Waals surface area contributed by atoms with Crippen LogP contribution in [-0.2, 0) is 14.3 Å². The highest BCUT2D eigenvalue weighted by Gasteiger charge is 2.40. The highest BCUT2D eigenvalue weighted by molar-refractivity contribution is 5.99. The maximum Gasteiger partial charge on any atom is 0.229 e. The first kappa shape index (κ1) is 13.5. The predicted molar refractivity (Wildman–Crippen MR) is 67.7 cm³/mol. The van der Waals surface area contributed by atoms with Gasteiger partial charge in [-0.2, -0.15) is 0 Å². The Hall–Kier alpha value is -0.900. The lowest BCUT2D eigenvalue weighted by Gasteiger charge is -2.38. The highest BCUT2D eigenvalue weighted by Crippen LogP contribution is 2.37. The zero-order chi connectivity index (χ0) is 13.1. The third-order valence-electron chi connectivity index (χ3n) is 4.13. The van der Waals surface area contributed by atoms with Crippen LogP contribution in [-0.4, -0.2) is 25.0 Å². The number of ether oxygens (including phenoxy) is 1. The maximum absolute atomic E-state index is 12.0. The molecule has 2 saturated heterocycles. The van der Waals surface area contributed by atoms with Crippen LogP contribution in [0.4, 0.5) is 0 Å². The second kappa shape index (κ2) is 5.83. The fourth-order valence-corrected chi connectivity index (χ4v) is 3.26. The second-order valence-electron chi connectivity index (χ2n) is 5.97. The van der Waals surface area contributed by atoms with Crippen LogP contribution in [0.5, 0.6) is 0 Å². The monoisotopic (exact) mass is 253 g/mol. The van der Waals surface area contributed by atoms with Crippen LogP contribution in [0.3, 0.4) is 0 Å². The number of carbonyl (C=O) groups excluding carboxylic acids is 2. The van der Waals surface area contributed by atoms with Crippen molar-refractivity contribution in [3.05, 3.63) is 0 Å². The number of carbonyl (C=O) groups is 2. The number of hydrogen-bond acceptors (Lipinski definition) is 3. The molecule has 2 fully saturated rings. The van der Waals surface area contributed by atoms with Crippen molar-refractivity contribution in [2.24, 2.45) is 23.7 Å². The Labute approximate surface area is 108 Å². The van der Waals surface area contributed by atoms with Crippen LogP contribution in [0, 0.1) is 23.7 Å². The molecule has 0 aromatic carbocycles. The molecule has 0 bridgehead atoms. The van der Waals surface area contributed by atoms with Crippen LogP contribution >= 0.6 is 0 Å². The minimum atomic E-state index is -0.100. The molecular formula is C14H23NO3. The number of hydrogen-bond donors (Lipinski definition) is 1. The highest BCUT2D eigenvalue weighted by atomic mass is 16.5. The van der Waals surface area contributed by atoms with E-state index in [-0.39, 0.29) is 23.7 Å². The van der Waals surface area contributed by atoms with E-state index in [4.69, 9.17) is 4.74 Å². The lowest BCUT2D eigenvalue weighted by Crippen LogP contribution is -2.49. The van der Waals surface area contributed by atoms with Gasteiger partial charge in [-0.1, -0.05) is 13.8 Å². The van der Waals surface area contributed by atoms with Gasteiger partial charge in [-0.05, 0) is 37.0 Å². The normalized spacial score (nSPS) is 30.6. The van der Waals surface area contributed by atoms with Crippen molar-refractivity contribution in [3.8, 4) is 0 Å². The van der Waals surface area contributed by atoms with Crippen molar-refractivity contribution in [1.29, 1.82) is 0 Å². The van der Waals surface area contributed by atoms with Gasteiger partial charge < -0.3 is 4.74 Å². The van der Waals surface area contributed by atoms with E-state index < -0.39 is 0 Å². The summed E-state index contributed by atoms with van der Waals surface area (Å²) in [7, 11) is 0. The Morgan fingerprint density at radius 3 is 2.56 bits per heavy atom. The summed E-state index contributed by atoms with van der Waals surface area (Å²) < 4.78 is 5.38. The molecule has 2 aliphatic heterocycles. The van der Waals surface area contributed by atoms with E-state index in [1.54, 1.807) is 0 Å². The van der Waals surface area contributed by atoms with E-state index in [9.17, 15) is 9.59 Å². The molecule has 18 heavy (non-hydrogen) atoms. The van der Waals surface area contributed by atoms with Crippen molar-refractivity contribution < 1.29 is 14.3 Å². The summed E-state index contributed by atoms with van der Waals surface area (Å²) in [5.41, 5.74) is 0. The van der Waals surface area contributed by atoms with Gasteiger partial charge in [0.2, 0.25) is 11.8 Å². The van der Waals surface area contributed by atoms with Gasteiger partial charge in [0.25, 0.3) is 0 Å². The molecule has 0 aliphatic carbocycles. The Bertz CT molecular complexity index is 321. The average molecular weight is 253 g/mol. The summed E-state index contributed by atoms with van der Waals surface area (Å²) >= 11 is 0. The first-order valence-corrected chi connectivity index (χ1v) is 6.99. The Morgan fingerprint density at radius 1 is 1.28 bits per heavy atom. The number of imide groups is 1. The number of amides is 2. The third-order valence-corrected chi connectivity index (χ3v) is 4.13. The molecule has 102 valence electrons. The first-order valence-electron chi connectivity index (χ1n) is 6.99. The molecule has 2 unspecified atom stereocenters. The Kier molecular flexibility index (Phi) is 4.38. The molecule has 2 atom stereocenters. The minimum Gasteiger partial charge on any atom is -0.381 e. The van der Waals surface area contributed by atoms with Gasteiger partial charge >= 0.3 is 0 Å². The largest absolute Gasteiger partial charge is 0.381 e. The Morgan fingerprint density at radius 2 is 1.94 bits per heavy atom.